The third-order valence-electron chi connectivity index (χ3n) is 2.89. The first kappa shape index (κ1) is 15.6. The molecule has 0 saturated carbocycles. The van der Waals surface area contributed by atoms with E-state index < -0.39 is 10.0 Å². The zero-order valence-corrected chi connectivity index (χ0v) is 12.6. The summed E-state index contributed by atoms with van der Waals surface area (Å²) < 4.78 is 31.5. The van der Waals surface area contributed by atoms with Crippen molar-refractivity contribution in [3.8, 4) is 0 Å². The molecular formula is C13H18N4O3S. The Kier molecular flexibility index (Phi) is 5.05. The topological polar surface area (TPSA) is 111 Å². The zero-order chi connectivity index (χ0) is 15.3. The molecule has 1 heterocycles. The normalized spacial score (nSPS) is 11.7. The van der Waals surface area contributed by atoms with Gasteiger partial charge in [0.2, 0.25) is 15.9 Å². The lowest BCUT2D eigenvalue weighted by Gasteiger charge is -2.06. The average molecular weight is 310 g/mol. The van der Waals surface area contributed by atoms with Gasteiger partial charge in [-0.1, -0.05) is 17.3 Å². The van der Waals surface area contributed by atoms with E-state index in [4.69, 9.17) is 10.3 Å². The molecule has 0 bridgehead atoms. The molecule has 0 fully saturated rings. The number of hydrogen-bond donors (Lipinski definition) is 2. The van der Waals surface area contributed by atoms with E-state index in [1.165, 1.54) is 0 Å². The molecule has 0 atom stereocenters. The Morgan fingerprint density at radius 3 is 2.57 bits per heavy atom. The van der Waals surface area contributed by atoms with Gasteiger partial charge in [0.1, 0.15) is 0 Å². The highest BCUT2D eigenvalue weighted by Crippen LogP contribution is 2.12. The minimum Gasteiger partial charge on any atom is -0.338 e. The summed E-state index contributed by atoms with van der Waals surface area (Å²) in [6.45, 7) is 2.25. The minimum atomic E-state index is -3.59. The van der Waals surface area contributed by atoms with Crippen LogP contribution in [0.3, 0.4) is 0 Å². The maximum Gasteiger partial charge on any atom is 0.241 e. The van der Waals surface area contributed by atoms with Crippen LogP contribution in [-0.4, -0.2) is 25.1 Å². The molecule has 0 spiro atoms. The number of nitrogens with two attached hydrogens (primary N) is 1. The van der Waals surface area contributed by atoms with Gasteiger partial charge in [-0.05, 0) is 44.0 Å². The molecule has 0 radical (unpaired) electrons. The number of nitrogens with one attached hydrogen (secondary N) is 1. The first-order chi connectivity index (χ1) is 10.0. The van der Waals surface area contributed by atoms with Crippen molar-refractivity contribution in [2.45, 2.75) is 31.2 Å². The van der Waals surface area contributed by atoms with Crippen molar-refractivity contribution >= 4 is 10.0 Å². The molecule has 2 aromatic rings. The van der Waals surface area contributed by atoms with Crippen LogP contribution in [0.4, 0.5) is 0 Å². The molecule has 1 aromatic heterocycles. The van der Waals surface area contributed by atoms with E-state index in [0.717, 1.165) is 18.4 Å². The fourth-order valence-electron chi connectivity index (χ4n) is 1.79. The third-order valence-corrected chi connectivity index (χ3v) is 4.30. The first-order valence-corrected chi connectivity index (χ1v) is 8.07. The molecule has 8 heteroatoms. The molecule has 3 N–H and O–H groups in total. The van der Waals surface area contributed by atoms with Gasteiger partial charge >= 0.3 is 0 Å². The summed E-state index contributed by atoms with van der Waals surface area (Å²) in [6, 6.07) is 6.74. The van der Waals surface area contributed by atoms with Crippen molar-refractivity contribution in [2.24, 2.45) is 5.73 Å². The van der Waals surface area contributed by atoms with Crippen LogP contribution in [0.2, 0.25) is 0 Å². The summed E-state index contributed by atoms with van der Waals surface area (Å²) in [6.07, 6.45) is 1.71. The van der Waals surface area contributed by atoms with Crippen molar-refractivity contribution in [2.75, 3.05) is 6.54 Å². The van der Waals surface area contributed by atoms with Gasteiger partial charge in [-0.25, -0.2) is 13.1 Å². The van der Waals surface area contributed by atoms with Crippen molar-refractivity contribution in [3.05, 3.63) is 41.5 Å². The maximum atomic E-state index is 12.1. The maximum absolute atomic E-state index is 12.1. The SMILES string of the molecule is Cc1noc(CNS(=O)(=O)c2ccc(CCCN)cc2)n1. The molecule has 0 unspecified atom stereocenters. The van der Waals surface area contributed by atoms with Crippen LogP contribution >= 0.6 is 0 Å². The molecule has 1 aromatic carbocycles. The first-order valence-electron chi connectivity index (χ1n) is 6.59. The predicted octanol–water partition coefficient (Wildman–Crippen LogP) is 0.748. The van der Waals surface area contributed by atoms with Gasteiger partial charge in [0.05, 0.1) is 11.4 Å². The Morgan fingerprint density at radius 2 is 2.00 bits per heavy atom. The number of hydrogen-bond acceptors (Lipinski definition) is 6. The highest BCUT2D eigenvalue weighted by atomic mass is 32.2. The molecule has 0 saturated heterocycles. The average Bonchev–Trinajstić information content (AvgIpc) is 2.89. The van der Waals surface area contributed by atoms with Crippen LogP contribution in [0.25, 0.3) is 0 Å². The van der Waals surface area contributed by atoms with E-state index in [9.17, 15) is 8.42 Å². The molecule has 0 aliphatic heterocycles. The fourth-order valence-corrected chi connectivity index (χ4v) is 2.77. The Hall–Kier alpha value is -1.77. The molecule has 21 heavy (non-hydrogen) atoms. The van der Waals surface area contributed by atoms with Crippen LogP contribution in [0.15, 0.2) is 33.7 Å². The van der Waals surface area contributed by atoms with Crippen molar-refractivity contribution < 1.29 is 12.9 Å². The molecule has 0 amide bonds. The monoisotopic (exact) mass is 310 g/mol. The van der Waals surface area contributed by atoms with Crippen LogP contribution < -0.4 is 10.5 Å². The smallest absolute Gasteiger partial charge is 0.241 e. The second kappa shape index (κ2) is 6.79. The van der Waals surface area contributed by atoms with E-state index in [1.54, 1.807) is 31.2 Å². The lowest BCUT2D eigenvalue weighted by molar-refractivity contribution is 0.372. The second-order valence-electron chi connectivity index (χ2n) is 4.60. The minimum absolute atomic E-state index is 0.0297. The quantitative estimate of drug-likeness (QED) is 0.780. The van der Waals surface area contributed by atoms with E-state index >= 15 is 0 Å². The van der Waals surface area contributed by atoms with Gasteiger partial charge in [-0.2, -0.15) is 4.98 Å². The Labute approximate surface area is 123 Å². The summed E-state index contributed by atoms with van der Waals surface area (Å²) in [5.41, 5.74) is 6.51. The van der Waals surface area contributed by atoms with Crippen molar-refractivity contribution in [3.63, 3.8) is 0 Å². The molecule has 0 aliphatic carbocycles. The molecule has 7 nitrogen and oxygen atoms in total. The number of sulfonamides is 1. The van der Waals surface area contributed by atoms with Crippen LogP contribution in [0.5, 0.6) is 0 Å². The predicted molar refractivity (Wildman–Crippen MR) is 76.9 cm³/mol. The Balaban J connectivity index is 2.01. The summed E-state index contributed by atoms with van der Waals surface area (Å²) in [5.74, 6) is 0.698. The molecule has 0 aliphatic rings. The van der Waals surface area contributed by atoms with Gasteiger partial charge in [-0.15, -0.1) is 0 Å². The highest BCUT2D eigenvalue weighted by molar-refractivity contribution is 7.89. The van der Waals surface area contributed by atoms with Crippen LogP contribution in [0, 0.1) is 6.92 Å². The number of rotatable bonds is 7. The lowest BCUT2D eigenvalue weighted by Crippen LogP contribution is -2.23. The van der Waals surface area contributed by atoms with Crippen LogP contribution in [-0.2, 0) is 23.0 Å². The van der Waals surface area contributed by atoms with E-state index in [-0.39, 0.29) is 17.3 Å². The fraction of sp³-hybridized carbons (Fsp3) is 0.385. The molecular weight excluding hydrogens is 292 g/mol. The molecule has 114 valence electrons. The van der Waals surface area contributed by atoms with E-state index in [2.05, 4.69) is 14.9 Å². The van der Waals surface area contributed by atoms with E-state index in [1.807, 2.05) is 0 Å². The van der Waals surface area contributed by atoms with Gasteiger partial charge < -0.3 is 10.3 Å². The summed E-state index contributed by atoms with van der Waals surface area (Å²) in [7, 11) is -3.59. The van der Waals surface area contributed by atoms with Gasteiger partial charge in [-0.3, -0.25) is 0 Å². The Morgan fingerprint density at radius 1 is 1.29 bits per heavy atom. The Bertz CT molecular complexity index is 680. The summed E-state index contributed by atoms with van der Waals surface area (Å²) >= 11 is 0. The summed E-state index contributed by atoms with van der Waals surface area (Å²) in [5, 5.41) is 3.60. The van der Waals surface area contributed by atoms with Gasteiger partial charge in [0, 0.05) is 0 Å². The molecule has 2 rings (SSSR count). The number of aromatic nitrogens is 2. The third kappa shape index (κ3) is 4.35. The van der Waals surface area contributed by atoms with Gasteiger partial charge in [0.25, 0.3) is 0 Å². The van der Waals surface area contributed by atoms with Crippen molar-refractivity contribution in [1.29, 1.82) is 0 Å². The van der Waals surface area contributed by atoms with E-state index in [0.29, 0.717) is 12.4 Å². The highest BCUT2D eigenvalue weighted by Gasteiger charge is 2.15. The standard InChI is InChI=1S/C13H18N4O3S/c1-10-16-13(20-17-10)9-15-21(18,19)12-6-4-11(5-7-12)3-2-8-14/h4-7,15H,2-3,8-9,14H2,1H3. The van der Waals surface area contributed by atoms with Crippen molar-refractivity contribution in [1.82, 2.24) is 14.9 Å². The largest absolute Gasteiger partial charge is 0.338 e. The number of benzene rings is 1. The lowest BCUT2D eigenvalue weighted by atomic mass is 10.1. The summed E-state index contributed by atoms with van der Waals surface area (Å²) in [4.78, 5) is 4.14. The second-order valence-corrected chi connectivity index (χ2v) is 6.36. The zero-order valence-electron chi connectivity index (χ0n) is 11.7. The van der Waals surface area contributed by atoms with Gasteiger partial charge in [0.15, 0.2) is 5.82 Å². The van der Waals surface area contributed by atoms with Crippen LogP contribution in [0.1, 0.15) is 23.7 Å². The number of nitrogens with zero attached hydrogens (tertiary/aromatic N) is 2. The number of aryl methyl sites for hydroxylation is 2.